The van der Waals surface area contributed by atoms with Gasteiger partial charge >= 0.3 is 0 Å². The van der Waals surface area contributed by atoms with Gasteiger partial charge in [-0.05, 0) is 42.8 Å². The van der Waals surface area contributed by atoms with Crippen LogP contribution in [0.1, 0.15) is 25.3 Å². The van der Waals surface area contributed by atoms with Crippen LogP contribution in [0.5, 0.6) is 0 Å². The maximum atomic E-state index is 12.6. The summed E-state index contributed by atoms with van der Waals surface area (Å²) in [5, 5.41) is 2.89. The molecule has 1 aromatic rings. The highest BCUT2D eigenvalue weighted by atomic mass is 35.5. The van der Waals surface area contributed by atoms with Crippen LogP contribution < -0.4 is 5.32 Å². The van der Waals surface area contributed by atoms with Crippen molar-refractivity contribution in [1.29, 1.82) is 0 Å². The predicted octanol–water partition coefficient (Wildman–Crippen LogP) is 2.95. The number of benzene rings is 1. The largest absolute Gasteiger partial charge is 0.352 e. The molecule has 3 aliphatic rings. The summed E-state index contributed by atoms with van der Waals surface area (Å²) < 4.78 is 0. The fourth-order valence-corrected chi connectivity index (χ4v) is 6.33. The third kappa shape index (κ3) is 3.86. The molecule has 4 amide bonds. The Morgan fingerprint density at radius 2 is 2.10 bits per heavy atom. The lowest BCUT2D eigenvalue weighted by atomic mass is 10.2. The van der Waals surface area contributed by atoms with Crippen LogP contribution in [-0.4, -0.2) is 62.5 Å². The third-order valence-corrected chi connectivity index (χ3v) is 8.20. The first-order valence-electron chi connectivity index (χ1n) is 9.54. The van der Waals surface area contributed by atoms with Crippen molar-refractivity contribution in [3.05, 3.63) is 39.8 Å². The topological polar surface area (TPSA) is 86.8 Å². The number of carbonyl (C=O) groups is 4. The molecule has 3 aliphatic heterocycles. The molecule has 0 aliphatic carbocycles. The van der Waals surface area contributed by atoms with E-state index < -0.39 is 11.9 Å². The molecule has 0 spiro atoms. The highest BCUT2D eigenvalue weighted by Gasteiger charge is 2.52. The number of nitrogens with zero attached hydrogens (tertiary/aromatic N) is 2. The number of halogens is 1. The molecular weight excluding hydrogens is 446 g/mol. The Balaban J connectivity index is 1.35. The van der Waals surface area contributed by atoms with Crippen molar-refractivity contribution in [2.45, 2.75) is 30.7 Å². The Morgan fingerprint density at radius 1 is 1.33 bits per heavy atom. The van der Waals surface area contributed by atoms with E-state index in [0.29, 0.717) is 27.7 Å². The molecule has 3 heterocycles. The van der Waals surface area contributed by atoms with Gasteiger partial charge in [-0.1, -0.05) is 29.8 Å². The van der Waals surface area contributed by atoms with Gasteiger partial charge in [0.2, 0.25) is 11.8 Å². The van der Waals surface area contributed by atoms with Crippen molar-refractivity contribution < 1.29 is 19.2 Å². The van der Waals surface area contributed by atoms with Gasteiger partial charge in [-0.3, -0.25) is 24.1 Å². The predicted molar refractivity (Wildman–Crippen MR) is 118 cm³/mol. The first-order valence-corrected chi connectivity index (χ1v) is 11.7. The molecule has 0 radical (unpaired) electrons. The van der Waals surface area contributed by atoms with Gasteiger partial charge in [-0.25, -0.2) is 0 Å². The van der Waals surface area contributed by atoms with E-state index in [9.17, 15) is 19.2 Å². The second kappa shape index (κ2) is 8.28. The lowest BCUT2D eigenvalue weighted by molar-refractivity contribution is -0.137. The maximum absolute atomic E-state index is 12.6. The average Bonchev–Trinajstić information content (AvgIpc) is 3.30. The molecule has 158 valence electrons. The molecule has 7 nitrogen and oxygen atoms in total. The third-order valence-electron chi connectivity index (χ3n) is 5.45. The first kappa shape index (κ1) is 21.3. The number of hydrogen-bond acceptors (Lipinski definition) is 6. The van der Waals surface area contributed by atoms with Crippen LogP contribution in [0, 0.1) is 0 Å². The van der Waals surface area contributed by atoms with Crippen LogP contribution in [0.25, 0.3) is 6.08 Å². The van der Waals surface area contributed by atoms with E-state index in [1.54, 1.807) is 47.0 Å². The van der Waals surface area contributed by atoms with Crippen molar-refractivity contribution in [2.75, 3.05) is 18.8 Å². The quantitative estimate of drug-likeness (QED) is 0.673. The van der Waals surface area contributed by atoms with Crippen LogP contribution in [-0.2, 0) is 14.4 Å². The molecule has 3 fully saturated rings. The van der Waals surface area contributed by atoms with Gasteiger partial charge in [0.25, 0.3) is 11.1 Å². The molecule has 10 heteroatoms. The summed E-state index contributed by atoms with van der Waals surface area (Å²) in [4.78, 5) is 52.4. The van der Waals surface area contributed by atoms with Gasteiger partial charge in [0.1, 0.15) is 6.04 Å². The molecule has 0 saturated carbocycles. The van der Waals surface area contributed by atoms with E-state index in [4.69, 9.17) is 11.6 Å². The number of amides is 4. The molecule has 1 aromatic carbocycles. The number of thioether (sulfide) groups is 2. The number of rotatable bonds is 5. The zero-order valence-corrected chi connectivity index (χ0v) is 18.6. The summed E-state index contributed by atoms with van der Waals surface area (Å²) in [5.74, 6) is -0.104. The van der Waals surface area contributed by atoms with Gasteiger partial charge < -0.3 is 10.2 Å². The first-order chi connectivity index (χ1) is 14.3. The highest BCUT2D eigenvalue weighted by molar-refractivity contribution is 8.18. The van der Waals surface area contributed by atoms with E-state index >= 15 is 0 Å². The summed E-state index contributed by atoms with van der Waals surface area (Å²) in [6, 6.07) is 6.56. The van der Waals surface area contributed by atoms with E-state index in [1.807, 2.05) is 6.92 Å². The summed E-state index contributed by atoms with van der Waals surface area (Å²) in [6.07, 6.45) is 2.80. The maximum Gasteiger partial charge on any atom is 0.293 e. The lowest BCUT2D eigenvalue weighted by Crippen LogP contribution is -2.51. The van der Waals surface area contributed by atoms with E-state index in [2.05, 4.69) is 5.32 Å². The van der Waals surface area contributed by atoms with E-state index in [-0.39, 0.29) is 35.0 Å². The van der Waals surface area contributed by atoms with Gasteiger partial charge in [-0.2, -0.15) is 0 Å². The molecule has 3 saturated heterocycles. The Morgan fingerprint density at radius 3 is 2.87 bits per heavy atom. The van der Waals surface area contributed by atoms with Crippen molar-refractivity contribution >= 4 is 64.2 Å². The van der Waals surface area contributed by atoms with Crippen LogP contribution in [0.3, 0.4) is 0 Å². The summed E-state index contributed by atoms with van der Waals surface area (Å²) in [5.41, 5.74) is 0.662. The van der Waals surface area contributed by atoms with E-state index in [1.165, 1.54) is 0 Å². The second-order valence-electron chi connectivity index (χ2n) is 7.41. The lowest BCUT2D eigenvalue weighted by Gasteiger charge is -2.29. The van der Waals surface area contributed by atoms with Gasteiger partial charge in [0, 0.05) is 30.3 Å². The van der Waals surface area contributed by atoms with Crippen molar-refractivity contribution in [3.63, 3.8) is 0 Å². The Bertz CT molecular complexity index is 969. The van der Waals surface area contributed by atoms with Crippen LogP contribution in [0.15, 0.2) is 29.2 Å². The zero-order chi connectivity index (χ0) is 21.5. The molecular formula is C20H20ClN3O4S2. The molecule has 0 unspecified atom stereocenters. The SMILES string of the molecule is C[C@@]12CCC(=O)N1[C@@H](C(=O)NCCN1C(=O)S/C(=C/c3ccccc3Cl)C1=O)CS2. The second-order valence-corrected chi connectivity index (χ2v) is 10.3. The smallest absolute Gasteiger partial charge is 0.293 e. The average molecular weight is 466 g/mol. The van der Waals surface area contributed by atoms with Crippen LogP contribution in [0.2, 0.25) is 5.02 Å². The summed E-state index contributed by atoms with van der Waals surface area (Å²) in [7, 11) is 0. The highest BCUT2D eigenvalue weighted by Crippen LogP contribution is 2.47. The summed E-state index contributed by atoms with van der Waals surface area (Å²) >= 11 is 8.60. The monoisotopic (exact) mass is 465 g/mol. The fourth-order valence-electron chi connectivity index (χ4n) is 3.85. The molecule has 4 rings (SSSR count). The van der Waals surface area contributed by atoms with Crippen molar-refractivity contribution in [1.82, 2.24) is 15.1 Å². The van der Waals surface area contributed by atoms with Crippen LogP contribution in [0.4, 0.5) is 4.79 Å². The minimum atomic E-state index is -0.509. The fraction of sp³-hybridized carbons (Fsp3) is 0.400. The number of hydrogen-bond donors (Lipinski definition) is 1. The number of carbonyl (C=O) groups excluding carboxylic acids is 4. The Kier molecular flexibility index (Phi) is 5.87. The molecule has 30 heavy (non-hydrogen) atoms. The normalized spacial score (nSPS) is 27.3. The summed E-state index contributed by atoms with van der Waals surface area (Å²) in [6.45, 7) is 2.19. The zero-order valence-electron chi connectivity index (χ0n) is 16.2. The van der Waals surface area contributed by atoms with E-state index in [0.717, 1.165) is 23.1 Å². The molecule has 1 N–H and O–H groups in total. The van der Waals surface area contributed by atoms with Crippen LogP contribution >= 0.6 is 35.1 Å². The number of nitrogens with one attached hydrogen (secondary N) is 1. The van der Waals surface area contributed by atoms with Gasteiger partial charge in [0.05, 0.1) is 9.78 Å². The molecule has 2 atom stereocenters. The van der Waals surface area contributed by atoms with Crippen molar-refractivity contribution in [2.24, 2.45) is 0 Å². The Hall–Kier alpha value is -1.97. The number of imide groups is 1. The molecule has 0 aromatic heterocycles. The Labute approximate surface area is 187 Å². The minimum Gasteiger partial charge on any atom is -0.352 e. The van der Waals surface area contributed by atoms with Gasteiger partial charge in [0.15, 0.2) is 0 Å². The molecule has 0 bridgehead atoms. The standard InChI is InChI=1S/C20H20ClN3O4S2/c1-20-7-6-16(25)24(20)14(11-29-20)17(26)22-8-9-23-18(27)15(30-19(23)28)10-12-4-2-3-5-13(12)21/h2-5,10,14H,6-9,11H2,1H3,(H,22,26)/b15-10+/t14-,20-/m1/s1. The minimum absolute atomic E-state index is 0.00157. The van der Waals surface area contributed by atoms with Gasteiger partial charge in [-0.15, -0.1) is 11.8 Å². The van der Waals surface area contributed by atoms with Crippen molar-refractivity contribution in [3.8, 4) is 0 Å². The number of fused-ring (bicyclic) bond motifs is 1.